The predicted molar refractivity (Wildman–Crippen MR) is 237 cm³/mol. The highest BCUT2D eigenvalue weighted by atomic mass is 16.3. The molecule has 2 heteroatoms. The fourth-order valence-electron chi connectivity index (χ4n) is 7.73. The van der Waals surface area contributed by atoms with Crippen LogP contribution in [0, 0.1) is 0 Å². The molecule has 0 saturated heterocycles. The van der Waals surface area contributed by atoms with Crippen LogP contribution in [0.5, 0.6) is 0 Å². The van der Waals surface area contributed by atoms with E-state index in [1.807, 2.05) is 97.1 Å². The molecule has 2 nitrogen and oxygen atoms in total. The Balaban J connectivity index is 1.19. The first kappa shape index (κ1) is 21.5. The van der Waals surface area contributed by atoms with Gasteiger partial charge in [-0.1, -0.05) is 157 Å². The first-order valence-electron chi connectivity index (χ1n) is 24.6. The van der Waals surface area contributed by atoms with Crippen LogP contribution in [0.1, 0.15) is 17.8 Å². The number of benzene rings is 10. The van der Waals surface area contributed by atoms with E-state index in [2.05, 4.69) is 29.2 Å². The Morgan fingerprint density at radius 2 is 0.768 bits per heavy atom. The molecule has 0 aliphatic carbocycles. The van der Waals surface area contributed by atoms with Gasteiger partial charge in [-0.2, -0.15) is 0 Å². The van der Waals surface area contributed by atoms with Gasteiger partial charge in [0.1, 0.15) is 11.2 Å². The summed E-state index contributed by atoms with van der Waals surface area (Å²) in [5, 5.41) is -0.925. The summed E-state index contributed by atoms with van der Waals surface area (Å²) in [4.78, 5) is 2.08. The van der Waals surface area contributed by atoms with Crippen molar-refractivity contribution < 1.29 is 22.2 Å². The van der Waals surface area contributed by atoms with Crippen LogP contribution in [0.25, 0.3) is 87.6 Å². The fourth-order valence-corrected chi connectivity index (χ4v) is 7.73. The van der Waals surface area contributed by atoms with Gasteiger partial charge in [-0.25, -0.2) is 0 Å². The van der Waals surface area contributed by atoms with E-state index in [0.29, 0.717) is 5.56 Å². The third-order valence-electron chi connectivity index (χ3n) is 10.3. The normalized spacial score (nSPS) is 14.8. The monoisotopic (exact) mass is 726 g/mol. The van der Waals surface area contributed by atoms with E-state index in [1.165, 1.54) is 0 Å². The second-order valence-electron chi connectivity index (χ2n) is 13.5. The van der Waals surface area contributed by atoms with Crippen molar-refractivity contribution in [3.05, 3.63) is 212 Å². The van der Waals surface area contributed by atoms with Gasteiger partial charge >= 0.3 is 0 Å². The van der Waals surface area contributed by atoms with Crippen molar-refractivity contribution in [1.29, 1.82) is 0 Å². The van der Waals surface area contributed by atoms with Crippen LogP contribution < -0.4 is 4.90 Å². The number of anilines is 3. The van der Waals surface area contributed by atoms with E-state index in [1.54, 1.807) is 12.1 Å². The molecule has 0 aliphatic heterocycles. The molecule has 10 aromatic carbocycles. The number of para-hydroxylation sites is 1. The zero-order valence-electron chi connectivity index (χ0n) is 42.6. The topological polar surface area (TPSA) is 16.4 Å². The summed E-state index contributed by atoms with van der Waals surface area (Å²) in [7, 11) is 0. The van der Waals surface area contributed by atoms with Crippen molar-refractivity contribution in [3.63, 3.8) is 0 Å². The zero-order valence-corrected chi connectivity index (χ0v) is 29.6. The Hall–Kier alpha value is -7.42. The second kappa shape index (κ2) is 13.2. The van der Waals surface area contributed by atoms with Crippen LogP contribution in [0.3, 0.4) is 0 Å². The van der Waals surface area contributed by atoms with Crippen LogP contribution >= 0.6 is 0 Å². The van der Waals surface area contributed by atoms with Crippen molar-refractivity contribution in [2.24, 2.45) is 0 Å². The molecule has 1 aromatic heterocycles. The molecule has 1 heterocycles. The summed E-state index contributed by atoms with van der Waals surface area (Å²) < 4.78 is 124. The highest BCUT2D eigenvalue weighted by Crippen LogP contribution is 2.45. The third-order valence-corrected chi connectivity index (χ3v) is 10.3. The van der Waals surface area contributed by atoms with Gasteiger partial charge in [0.25, 0.3) is 0 Å². The standard InChI is InChI=1S/C54H35NO/c1-3-12-36(13-4-1)38-22-28-41(29-23-38)55(42-30-24-39(25-31-42)37-14-5-2-6-15-37)43-32-26-40(27-33-43)44-19-11-20-46-48-34-35-51-54(49-18-9-10-21-50(49)56-51)53(48)47-17-8-7-16-45(47)52(44)46/h1-35H/i7D,8D,9D,10D,11D,16D,17D,18D,19D,20D,21D,34D,35D. The van der Waals surface area contributed by atoms with Gasteiger partial charge in [0.15, 0.2) is 0 Å². The number of hydrogen-bond acceptors (Lipinski definition) is 2. The maximum Gasteiger partial charge on any atom is 0.136 e. The van der Waals surface area contributed by atoms with Crippen LogP contribution in [-0.2, 0) is 0 Å². The van der Waals surface area contributed by atoms with Crippen molar-refractivity contribution in [2.75, 3.05) is 4.90 Å². The molecule has 56 heavy (non-hydrogen) atoms. The van der Waals surface area contributed by atoms with Crippen molar-refractivity contribution in [2.45, 2.75) is 0 Å². The van der Waals surface area contributed by atoms with E-state index in [9.17, 15) is 9.60 Å². The molecular weight excluding hydrogens is 679 g/mol. The lowest BCUT2D eigenvalue weighted by molar-refractivity contribution is 0.669. The predicted octanol–water partition coefficient (Wildman–Crippen LogP) is 15.5. The first-order valence-corrected chi connectivity index (χ1v) is 18.1. The minimum atomic E-state index is -0.633. The molecule has 0 atom stereocenters. The summed E-state index contributed by atoms with van der Waals surface area (Å²) in [6, 6.07) is 36.5. The van der Waals surface area contributed by atoms with E-state index in [-0.39, 0.29) is 59.8 Å². The smallest absolute Gasteiger partial charge is 0.136 e. The van der Waals surface area contributed by atoms with Gasteiger partial charge in [0, 0.05) is 33.2 Å². The minimum Gasteiger partial charge on any atom is -0.456 e. The Kier molecular flexibility index (Phi) is 5.04. The van der Waals surface area contributed by atoms with Crippen molar-refractivity contribution >= 4 is 71.3 Å². The lowest BCUT2D eigenvalue weighted by Gasteiger charge is -2.26. The average molecular weight is 727 g/mol. The molecule has 11 aromatic rings. The number of fused-ring (bicyclic) bond motifs is 10. The molecule has 0 saturated carbocycles. The minimum absolute atomic E-state index is 0.00457. The van der Waals surface area contributed by atoms with E-state index in [0.717, 1.165) is 39.3 Å². The summed E-state index contributed by atoms with van der Waals surface area (Å²) in [5.74, 6) is 0. The Morgan fingerprint density at radius 3 is 1.34 bits per heavy atom. The number of furan rings is 1. The molecule has 11 rings (SSSR count). The summed E-state index contributed by atoms with van der Waals surface area (Å²) in [5.41, 5.74) is 6.43. The summed E-state index contributed by atoms with van der Waals surface area (Å²) in [6.45, 7) is 0. The Morgan fingerprint density at radius 1 is 0.321 bits per heavy atom. The van der Waals surface area contributed by atoms with E-state index >= 15 is 0 Å². The molecular formula is C54H35NO. The van der Waals surface area contributed by atoms with Gasteiger partial charge in [-0.05, 0) is 115 Å². The highest BCUT2D eigenvalue weighted by molar-refractivity contribution is 6.36. The van der Waals surface area contributed by atoms with Crippen LogP contribution in [0.15, 0.2) is 216 Å². The SMILES string of the molecule is [2H]c1c([2H])c([2H])c2c(oc3c([2H])c([2H])c4c5c([2H])c([2H])c([2H])c(-c6ccc(N(c7ccc(-c8ccccc8)cc7)c7ccc(-c8ccccc8)cc7)cc6)c5c5c([2H])c([2H])c([2H])c([2H])c5c4c32)c1[2H]. The Labute approximate surface area is 343 Å². The fraction of sp³-hybridized carbons (Fsp3) is 0. The molecule has 262 valence electrons. The van der Waals surface area contributed by atoms with Crippen LogP contribution in [0.2, 0.25) is 0 Å². The van der Waals surface area contributed by atoms with Gasteiger partial charge in [0.05, 0.1) is 17.8 Å². The second-order valence-corrected chi connectivity index (χ2v) is 13.5. The average Bonchev–Trinajstić information content (AvgIpc) is 3.79. The van der Waals surface area contributed by atoms with Gasteiger partial charge in [-0.3, -0.25) is 0 Å². The van der Waals surface area contributed by atoms with Gasteiger partial charge in [0.2, 0.25) is 0 Å². The molecule has 0 unspecified atom stereocenters. The molecule has 0 N–H and O–H groups in total. The highest BCUT2D eigenvalue weighted by Gasteiger charge is 2.19. The van der Waals surface area contributed by atoms with Crippen LogP contribution in [-0.4, -0.2) is 0 Å². The zero-order chi connectivity index (χ0) is 48.3. The molecule has 0 fully saturated rings. The lowest BCUT2D eigenvalue weighted by Crippen LogP contribution is -2.09. The summed E-state index contributed by atoms with van der Waals surface area (Å²) >= 11 is 0. The van der Waals surface area contributed by atoms with Gasteiger partial charge in [-0.15, -0.1) is 0 Å². The third kappa shape index (κ3) is 5.26. The Bertz CT molecular complexity index is 3840. The molecule has 0 bridgehead atoms. The molecule has 0 radical (unpaired) electrons. The lowest BCUT2D eigenvalue weighted by atomic mass is 9.88. The van der Waals surface area contributed by atoms with E-state index in [4.69, 9.17) is 12.6 Å². The van der Waals surface area contributed by atoms with Crippen molar-refractivity contribution in [3.8, 4) is 33.4 Å². The largest absolute Gasteiger partial charge is 0.456 e. The number of rotatable bonds is 6. The van der Waals surface area contributed by atoms with Gasteiger partial charge < -0.3 is 9.32 Å². The quantitative estimate of drug-likeness (QED) is 0.159. The number of hydrogen-bond donors (Lipinski definition) is 0. The maximum absolute atomic E-state index is 9.47. The van der Waals surface area contributed by atoms with Crippen molar-refractivity contribution in [1.82, 2.24) is 0 Å². The molecule has 0 spiro atoms. The molecule has 0 amide bonds. The van der Waals surface area contributed by atoms with Crippen LogP contribution in [0.4, 0.5) is 17.1 Å². The summed E-state index contributed by atoms with van der Waals surface area (Å²) in [6.07, 6.45) is 0. The molecule has 0 aliphatic rings. The number of nitrogens with zero attached hydrogens (tertiary/aromatic N) is 1. The van der Waals surface area contributed by atoms with E-state index < -0.39 is 78.6 Å². The first-order chi connectivity index (χ1) is 33.2. The maximum atomic E-state index is 9.47.